The van der Waals surface area contributed by atoms with Crippen molar-refractivity contribution in [3.63, 3.8) is 0 Å². The van der Waals surface area contributed by atoms with E-state index >= 15 is 0 Å². The zero-order chi connectivity index (χ0) is 13.2. The topological polar surface area (TPSA) is 83.9 Å². The molecule has 2 aliphatic heterocycles. The predicted molar refractivity (Wildman–Crippen MR) is 65.2 cm³/mol. The number of ether oxygens (including phenoxy) is 1. The number of carboxylic acid groups (broad SMARTS) is 1. The second-order valence-corrected chi connectivity index (χ2v) is 7.18. The predicted octanol–water partition coefficient (Wildman–Crippen LogP) is -0.261. The maximum atomic E-state index is 11.6. The van der Waals surface area contributed by atoms with Crippen LogP contribution < -0.4 is 0 Å². The minimum absolute atomic E-state index is 0.0311. The summed E-state index contributed by atoms with van der Waals surface area (Å²) >= 11 is 0. The highest BCUT2D eigenvalue weighted by molar-refractivity contribution is 7.91. The van der Waals surface area contributed by atoms with Crippen LogP contribution >= 0.6 is 0 Å². The van der Waals surface area contributed by atoms with E-state index < -0.39 is 15.8 Å². The van der Waals surface area contributed by atoms with Gasteiger partial charge in [-0.05, 0) is 12.8 Å². The van der Waals surface area contributed by atoms with Crippen molar-refractivity contribution in [3.05, 3.63) is 0 Å². The van der Waals surface area contributed by atoms with Crippen molar-refractivity contribution in [3.8, 4) is 0 Å². The summed E-state index contributed by atoms with van der Waals surface area (Å²) in [6.07, 6.45) is 1.61. The number of aliphatic carboxylic acids is 1. The Kier molecular flexibility index (Phi) is 4.24. The Morgan fingerprint density at radius 2 is 2.00 bits per heavy atom. The highest BCUT2D eigenvalue weighted by Crippen LogP contribution is 2.23. The normalized spacial score (nSPS) is 30.1. The first-order valence-corrected chi connectivity index (χ1v) is 8.06. The van der Waals surface area contributed by atoms with Crippen LogP contribution in [0.1, 0.15) is 19.3 Å². The molecule has 18 heavy (non-hydrogen) atoms. The second-order valence-electron chi connectivity index (χ2n) is 4.95. The van der Waals surface area contributed by atoms with Gasteiger partial charge in [0.1, 0.15) is 0 Å². The highest BCUT2D eigenvalue weighted by Gasteiger charge is 2.36. The van der Waals surface area contributed by atoms with Gasteiger partial charge < -0.3 is 9.84 Å². The van der Waals surface area contributed by atoms with Crippen LogP contribution in [0.4, 0.5) is 0 Å². The van der Waals surface area contributed by atoms with Crippen LogP contribution in [0.25, 0.3) is 0 Å². The summed E-state index contributed by atoms with van der Waals surface area (Å²) in [5.41, 5.74) is 0. The molecule has 2 aliphatic rings. The van der Waals surface area contributed by atoms with Gasteiger partial charge in [0.15, 0.2) is 9.84 Å². The molecule has 0 aromatic heterocycles. The molecule has 0 bridgehead atoms. The van der Waals surface area contributed by atoms with Crippen molar-refractivity contribution < 1.29 is 23.1 Å². The molecule has 0 aromatic rings. The molecule has 2 fully saturated rings. The maximum Gasteiger partial charge on any atom is 0.304 e. The Labute approximate surface area is 107 Å². The van der Waals surface area contributed by atoms with E-state index in [0.717, 1.165) is 12.8 Å². The van der Waals surface area contributed by atoms with E-state index in [1.165, 1.54) is 0 Å². The molecule has 6 nitrogen and oxygen atoms in total. The van der Waals surface area contributed by atoms with E-state index in [-0.39, 0.29) is 30.0 Å². The van der Waals surface area contributed by atoms with Gasteiger partial charge in [0.05, 0.1) is 17.9 Å². The van der Waals surface area contributed by atoms with E-state index in [9.17, 15) is 13.2 Å². The van der Waals surface area contributed by atoms with Gasteiger partial charge >= 0.3 is 5.97 Å². The molecule has 104 valence electrons. The van der Waals surface area contributed by atoms with Crippen molar-refractivity contribution in [2.45, 2.75) is 31.3 Å². The lowest BCUT2D eigenvalue weighted by Crippen LogP contribution is -2.54. The Morgan fingerprint density at radius 1 is 1.33 bits per heavy atom. The fourth-order valence-corrected chi connectivity index (χ4v) is 4.33. The van der Waals surface area contributed by atoms with Crippen LogP contribution in [0.2, 0.25) is 0 Å². The van der Waals surface area contributed by atoms with E-state index in [4.69, 9.17) is 9.84 Å². The molecular formula is C11H19NO5S. The average molecular weight is 277 g/mol. The summed E-state index contributed by atoms with van der Waals surface area (Å²) in [5, 5.41) is 8.91. The third-order valence-electron chi connectivity index (χ3n) is 3.65. The summed E-state index contributed by atoms with van der Waals surface area (Å²) in [6, 6.07) is -0.122. The molecule has 2 rings (SSSR count). The van der Waals surface area contributed by atoms with Crippen LogP contribution in [0.3, 0.4) is 0 Å². The molecule has 2 saturated heterocycles. The number of nitrogens with zero attached hydrogens (tertiary/aromatic N) is 1. The molecule has 0 aromatic carbocycles. The first kappa shape index (κ1) is 13.8. The largest absolute Gasteiger partial charge is 0.481 e. The minimum Gasteiger partial charge on any atom is -0.481 e. The zero-order valence-corrected chi connectivity index (χ0v) is 11.1. The van der Waals surface area contributed by atoms with Crippen molar-refractivity contribution in [1.29, 1.82) is 0 Å². The minimum atomic E-state index is -3.09. The van der Waals surface area contributed by atoms with Crippen LogP contribution in [0, 0.1) is 0 Å². The molecule has 0 saturated carbocycles. The van der Waals surface area contributed by atoms with Gasteiger partial charge in [-0.15, -0.1) is 0 Å². The Morgan fingerprint density at radius 3 is 2.61 bits per heavy atom. The van der Waals surface area contributed by atoms with Crippen LogP contribution in [-0.2, 0) is 19.4 Å². The van der Waals surface area contributed by atoms with Gasteiger partial charge in [0.25, 0.3) is 0 Å². The Balaban J connectivity index is 2.08. The average Bonchev–Trinajstić information content (AvgIpc) is 2.28. The molecule has 1 unspecified atom stereocenters. The fraction of sp³-hybridized carbons (Fsp3) is 0.909. The first-order chi connectivity index (χ1) is 8.48. The van der Waals surface area contributed by atoms with Crippen LogP contribution in [-0.4, -0.2) is 67.7 Å². The smallest absolute Gasteiger partial charge is 0.304 e. The standard InChI is InChI=1S/C11H19NO5S/c13-11(14)7-10-8-18(15,16)6-3-12(10)9-1-4-17-5-2-9/h9-10H,1-8H2,(H,13,14). The van der Waals surface area contributed by atoms with Crippen molar-refractivity contribution in [1.82, 2.24) is 4.90 Å². The van der Waals surface area contributed by atoms with Gasteiger partial charge in [0.2, 0.25) is 0 Å². The molecular weight excluding hydrogens is 258 g/mol. The number of carbonyl (C=O) groups is 1. The Bertz CT molecular complexity index is 402. The molecule has 7 heteroatoms. The van der Waals surface area contributed by atoms with E-state index in [1.807, 2.05) is 0 Å². The Hall–Kier alpha value is -0.660. The number of rotatable bonds is 3. The number of hydrogen-bond donors (Lipinski definition) is 1. The van der Waals surface area contributed by atoms with Gasteiger partial charge in [-0.2, -0.15) is 0 Å². The quantitative estimate of drug-likeness (QED) is 0.765. The first-order valence-electron chi connectivity index (χ1n) is 6.23. The number of carboxylic acids is 1. The third kappa shape index (κ3) is 3.43. The number of sulfone groups is 1. The summed E-state index contributed by atoms with van der Waals surface area (Å²) in [7, 11) is -3.09. The summed E-state index contributed by atoms with van der Waals surface area (Å²) in [5.74, 6) is -0.828. The monoisotopic (exact) mass is 277 g/mol. The van der Waals surface area contributed by atoms with Crippen molar-refractivity contribution >= 4 is 15.8 Å². The molecule has 1 atom stereocenters. The molecule has 0 spiro atoms. The van der Waals surface area contributed by atoms with Crippen LogP contribution in [0.5, 0.6) is 0 Å². The molecule has 0 aliphatic carbocycles. The summed E-state index contributed by atoms with van der Waals surface area (Å²) < 4.78 is 28.5. The third-order valence-corrected chi connectivity index (χ3v) is 5.34. The lowest BCUT2D eigenvalue weighted by Gasteiger charge is -2.41. The van der Waals surface area contributed by atoms with Gasteiger partial charge in [-0.3, -0.25) is 9.69 Å². The number of hydrogen-bond acceptors (Lipinski definition) is 5. The van der Waals surface area contributed by atoms with E-state index in [0.29, 0.717) is 19.8 Å². The molecule has 0 radical (unpaired) electrons. The van der Waals surface area contributed by atoms with Gasteiger partial charge in [-0.25, -0.2) is 8.42 Å². The van der Waals surface area contributed by atoms with Crippen molar-refractivity contribution in [2.24, 2.45) is 0 Å². The SMILES string of the molecule is O=C(O)CC1CS(=O)(=O)CCN1C1CCOCC1. The second kappa shape index (κ2) is 5.54. The van der Waals surface area contributed by atoms with Crippen molar-refractivity contribution in [2.75, 3.05) is 31.3 Å². The summed E-state index contributed by atoms with van der Waals surface area (Å²) in [4.78, 5) is 12.9. The van der Waals surface area contributed by atoms with E-state index in [2.05, 4.69) is 4.90 Å². The zero-order valence-electron chi connectivity index (χ0n) is 10.2. The highest BCUT2D eigenvalue weighted by atomic mass is 32.2. The fourth-order valence-electron chi connectivity index (χ4n) is 2.77. The van der Waals surface area contributed by atoms with Crippen LogP contribution in [0.15, 0.2) is 0 Å². The van der Waals surface area contributed by atoms with Gasteiger partial charge in [0, 0.05) is 31.8 Å². The van der Waals surface area contributed by atoms with Gasteiger partial charge in [-0.1, -0.05) is 0 Å². The molecule has 1 N–H and O–H groups in total. The maximum absolute atomic E-state index is 11.6. The molecule has 0 amide bonds. The van der Waals surface area contributed by atoms with E-state index in [1.54, 1.807) is 0 Å². The lowest BCUT2D eigenvalue weighted by molar-refractivity contribution is -0.138. The molecule has 2 heterocycles. The summed E-state index contributed by atoms with van der Waals surface area (Å²) in [6.45, 7) is 1.80. The lowest BCUT2D eigenvalue weighted by atomic mass is 10.0.